The lowest BCUT2D eigenvalue weighted by molar-refractivity contribution is -0.113. The van der Waals surface area contributed by atoms with E-state index in [1.54, 1.807) is 28.0 Å². The zero-order valence-electron chi connectivity index (χ0n) is 16.2. The minimum Gasteiger partial charge on any atom is -0.310 e. The molecule has 1 aliphatic carbocycles. The lowest BCUT2D eigenvalue weighted by Gasteiger charge is -2.17. The van der Waals surface area contributed by atoms with Crippen molar-refractivity contribution in [1.82, 2.24) is 14.5 Å². The van der Waals surface area contributed by atoms with Crippen molar-refractivity contribution in [3.63, 3.8) is 0 Å². The summed E-state index contributed by atoms with van der Waals surface area (Å²) in [5, 5.41) is 4.60. The van der Waals surface area contributed by atoms with Gasteiger partial charge in [-0.05, 0) is 49.8 Å². The lowest BCUT2D eigenvalue weighted by Crippen LogP contribution is -2.24. The molecule has 0 saturated carbocycles. The van der Waals surface area contributed by atoms with Gasteiger partial charge in [-0.3, -0.25) is 14.2 Å². The summed E-state index contributed by atoms with van der Waals surface area (Å²) in [6, 6.07) is 3.31. The van der Waals surface area contributed by atoms with Crippen LogP contribution in [0.5, 0.6) is 0 Å². The number of carbonyl (C=O) groups is 1. The summed E-state index contributed by atoms with van der Waals surface area (Å²) >= 11 is 8.71. The van der Waals surface area contributed by atoms with Gasteiger partial charge in [0, 0.05) is 17.6 Å². The molecule has 4 rings (SSSR count). The standard InChI is InChI=1S/C20H21ClN4O2S2/c1-3-25-19(27)17-13-6-4-11(2)8-14(13)29-18(17)24-20(25)28-10-16(26)23-15-7-5-12(21)9-22-15/h5,7,9,11H,3-4,6,8,10H2,1-2H3,(H,22,23,26). The van der Waals surface area contributed by atoms with E-state index in [0.717, 1.165) is 29.5 Å². The molecule has 152 valence electrons. The van der Waals surface area contributed by atoms with E-state index in [2.05, 4.69) is 17.2 Å². The van der Waals surface area contributed by atoms with Crippen molar-refractivity contribution in [3.05, 3.63) is 44.1 Å². The molecule has 1 atom stereocenters. The summed E-state index contributed by atoms with van der Waals surface area (Å²) in [6.07, 6.45) is 4.55. The van der Waals surface area contributed by atoms with E-state index < -0.39 is 0 Å². The molecule has 0 saturated heterocycles. The van der Waals surface area contributed by atoms with Gasteiger partial charge in [0.05, 0.1) is 16.2 Å². The van der Waals surface area contributed by atoms with Gasteiger partial charge in [-0.1, -0.05) is 30.3 Å². The summed E-state index contributed by atoms with van der Waals surface area (Å²) in [6.45, 7) is 4.70. The highest BCUT2D eigenvalue weighted by Gasteiger charge is 2.24. The molecule has 1 unspecified atom stereocenters. The average molecular weight is 449 g/mol. The Hall–Kier alpha value is -1.90. The van der Waals surface area contributed by atoms with Crippen molar-refractivity contribution < 1.29 is 4.79 Å². The van der Waals surface area contributed by atoms with Gasteiger partial charge >= 0.3 is 0 Å². The van der Waals surface area contributed by atoms with Gasteiger partial charge in [-0.2, -0.15) is 0 Å². The number of fused-ring (bicyclic) bond motifs is 3. The Labute approximate surface area is 181 Å². The van der Waals surface area contributed by atoms with Crippen molar-refractivity contribution >= 4 is 56.6 Å². The Kier molecular flexibility index (Phi) is 5.94. The number of nitrogens with zero attached hydrogens (tertiary/aromatic N) is 3. The van der Waals surface area contributed by atoms with Crippen LogP contribution in [-0.2, 0) is 24.2 Å². The molecular weight excluding hydrogens is 428 g/mol. The SMILES string of the molecule is CCn1c(SCC(=O)Nc2ccc(Cl)cn2)nc2sc3c(c2c1=O)CCC(C)C3. The Balaban J connectivity index is 1.57. The second kappa shape index (κ2) is 8.45. The number of nitrogens with one attached hydrogen (secondary N) is 1. The molecule has 6 nitrogen and oxygen atoms in total. The Morgan fingerprint density at radius 1 is 1.45 bits per heavy atom. The first-order chi connectivity index (χ1) is 14.0. The molecule has 3 aromatic rings. The number of hydrogen-bond acceptors (Lipinski definition) is 6. The highest BCUT2D eigenvalue weighted by atomic mass is 35.5. The average Bonchev–Trinajstić information content (AvgIpc) is 3.05. The first-order valence-electron chi connectivity index (χ1n) is 9.55. The van der Waals surface area contributed by atoms with E-state index in [1.165, 1.54) is 28.4 Å². The van der Waals surface area contributed by atoms with Gasteiger partial charge in [-0.25, -0.2) is 9.97 Å². The Morgan fingerprint density at radius 3 is 3.00 bits per heavy atom. The molecule has 9 heteroatoms. The van der Waals surface area contributed by atoms with Crippen LogP contribution < -0.4 is 10.9 Å². The zero-order valence-corrected chi connectivity index (χ0v) is 18.6. The fraction of sp³-hybridized carbons (Fsp3) is 0.400. The van der Waals surface area contributed by atoms with Crippen LogP contribution in [0.3, 0.4) is 0 Å². The molecule has 0 bridgehead atoms. The first-order valence-corrected chi connectivity index (χ1v) is 11.7. The van der Waals surface area contributed by atoms with Crippen LogP contribution in [0.1, 0.15) is 30.7 Å². The van der Waals surface area contributed by atoms with Gasteiger partial charge < -0.3 is 5.32 Å². The van der Waals surface area contributed by atoms with Crippen molar-refractivity contribution in [2.45, 2.75) is 44.8 Å². The third-order valence-electron chi connectivity index (χ3n) is 5.02. The molecule has 0 aliphatic heterocycles. The number of anilines is 1. The molecular formula is C20H21ClN4O2S2. The summed E-state index contributed by atoms with van der Waals surface area (Å²) in [4.78, 5) is 36.4. The van der Waals surface area contributed by atoms with Crippen molar-refractivity contribution in [1.29, 1.82) is 0 Å². The fourth-order valence-electron chi connectivity index (χ4n) is 3.55. The summed E-state index contributed by atoms with van der Waals surface area (Å²) in [5.74, 6) is 1.02. The van der Waals surface area contributed by atoms with Crippen LogP contribution in [0.4, 0.5) is 5.82 Å². The number of hydrogen-bond donors (Lipinski definition) is 1. The molecule has 1 N–H and O–H groups in total. The first kappa shape index (κ1) is 20.4. The minimum absolute atomic E-state index is 0.00632. The summed E-state index contributed by atoms with van der Waals surface area (Å²) in [7, 11) is 0. The van der Waals surface area contributed by atoms with E-state index in [-0.39, 0.29) is 17.2 Å². The van der Waals surface area contributed by atoms with Gasteiger partial charge in [0.25, 0.3) is 5.56 Å². The number of aromatic nitrogens is 3. The monoisotopic (exact) mass is 448 g/mol. The molecule has 3 aromatic heterocycles. The third kappa shape index (κ3) is 4.20. The van der Waals surface area contributed by atoms with Crippen LogP contribution in [0.25, 0.3) is 10.2 Å². The Morgan fingerprint density at radius 2 is 2.28 bits per heavy atom. The fourth-order valence-corrected chi connectivity index (χ4v) is 5.95. The van der Waals surface area contributed by atoms with E-state index in [4.69, 9.17) is 16.6 Å². The van der Waals surface area contributed by atoms with Crippen LogP contribution in [-0.4, -0.2) is 26.2 Å². The second-order valence-corrected chi connectivity index (χ2v) is 9.64. The number of halogens is 1. The lowest BCUT2D eigenvalue weighted by atomic mass is 9.89. The van der Waals surface area contributed by atoms with Crippen LogP contribution >= 0.6 is 34.7 Å². The number of amides is 1. The van der Waals surface area contributed by atoms with E-state index in [9.17, 15) is 9.59 Å². The quantitative estimate of drug-likeness (QED) is 0.463. The molecule has 3 heterocycles. The van der Waals surface area contributed by atoms with E-state index in [0.29, 0.717) is 28.5 Å². The maximum absolute atomic E-state index is 13.2. The van der Waals surface area contributed by atoms with Gasteiger partial charge in [0.1, 0.15) is 10.6 Å². The predicted molar refractivity (Wildman–Crippen MR) is 119 cm³/mol. The highest BCUT2D eigenvalue weighted by Crippen LogP contribution is 2.36. The smallest absolute Gasteiger partial charge is 0.263 e. The predicted octanol–water partition coefficient (Wildman–Crippen LogP) is 4.38. The molecule has 0 radical (unpaired) electrons. The van der Waals surface area contributed by atoms with Crippen molar-refractivity contribution in [3.8, 4) is 0 Å². The van der Waals surface area contributed by atoms with Gasteiger partial charge in [0.2, 0.25) is 5.91 Å². The number of thiophene rings is 1. The summed E-state index contributed by atoms with van der Waals surface area (Å²) < 4.78 is 1.67. The highest BCUT2D eigenvalue weighted by molar-refractivity contribution is 7.99. The summed E-state index contributed by atoms with van der Waals surface area (Å²) in [5.41, 5.74) is 1.19. The topological polar surface area (TPSA) is 76.9 Å². The molecule has 0 fully saturated rings. The van der Waals surface area contributed by atoms with E-state index >= 15 is 0 Å². The van der Waals surface area contributed by atoms with Crippen molar-refractivity contribution in [2.24, 2.45) is 5.92 Å². The number of thioether (sulfide) groups is 1. The molecule has 1 amide bonds. The zero-order chi connectivity index (χ0) is 20.5. The van der Waals surface area contributed by atoms with Crippen LogP contribution in [0, 0.1) is 5.92 Å². The third-order valence-corrected chi connectivity index (χ3v) is 7.37. The van der Waals surface area contributed by atoms with Crippen molar-refractivity contribution in [2.75, 3.05) is 11.1 Å². The number of carbonyl (C=O) groups excluding carboxylic acids is 1. The van der Waals surface area contributed by atoms with Gasteiger partial charge in [-0.15, -0.1) is 11.3 Å². The number of rotatable bonds is 5. The van der Waals surface area contributed by atoms with Gasteiger partial charge in [0.15, 0.2) is 5.16 Å². The second-order valence-electron chi connectivity index (χ2n) is 7.17. The van der Waals surface area contributed by atoms with Crippen LogP contribution in [0.2, 0.25) is 5.02 Å². The minimum atomic E-state index is -0.207. The van der Waals surface area contributed by atoms with Crippen LogP contribution in [0.15, 0.2) is 28.3 Å². The largest absolute Gasteiger partial charge is 0.310 e. The number of aryl methyl sites for hydroxylation is 1. The Bertz CT molecular complexity index is 1120. The maximum Gasteiger partial charge on any atom is 0.263 e. The number of pyridine rings is 1. The molecule has 29 heavy (non-hydrogen) atoms. The molecule has 0 aromatic carbocycles. The molecule has 1 aliphatic rings. The van der Waals surface area contributed by atoms with E-state index in [1.807, 2.05) is 6.92 Å². The molecule has 0 spiro atoms. The normalized spacial score (nSPS) is 16.0. The maximum atomic E-state index is 13.2.